The Labute approximate surface area is 137 Å². The van der Waals surface area contributed by atoms with Crippen molar-refractivity contribution in [1.82, 2.24) is 4.57 Å². The summed E-state index contributed by atoms with van der Waals surface area (Å²) >= 11 is 0. The maximum absolute atomic E-state index is 10.7. The summed E-state index contributed by atoms with van der Waals surface area (Å²) in [5.74, 6) is 0. The van der Waals surface area contributed by atoms with Gasteiger partial charge in [0.2, 0.25) is 0 Å². The molecule has 0 aliphatic carbocycles. The van der Waals surface area contributed by atoms with E-state index in [9.17, 15) is 5.11 Å². The fraction of sp³-hybridized carbons (Fsp3) is 0.238. The number of nitrogens with zero attached hydrogens (tertiary/aromatic N) is 1. The molecule has 0 saturated heterocycles. The normalized spacial score (nSPS) is 12.4. The maximum Gasteiger partial charge on any atom is 0.0969 e. The molecule has 2 aromatic carbocycles. The highest BCUT2D eigenvalue weighted by molar-refractivity contribution is 5.85. The molecule has 0 bridgehead atoms. The first-order chi connectivity index (χ1) is 11.3. The van der Waals surface area contributed by atoms with Crippen molar-refractivity contribution in [3.63, 3.8) is 0 Å². The zero-order valence-electron chi connectivity index (χ0n) is 13.6. The van der Waals surface area contributed by atoms with E-state index in [1.165, 1.54) is 22.2 Å². The number of hydrogen-bond acceptors (Lipinski definition) is 1. The molecule has 2 nitrogen and oxygen atoms in total. The van der Waals surface area contributed by atoms with Gasteiger partial charge < -0.3 is 9.67 Å². The van der Waals surface area contributed by atoms with E-state index in [0.29, 0.717) is 6.54 Å². The van der Waals surface area contributed by atoms with Gasteiger partial charge in [0.15, 0.2) is 0 Å². The lowest BCUT2D eigenvalue weighted by atomic mass is 10.1. The van der Waals surface area contributed by atoms with Crippen molar-refractivity contribution in [1.29, 1.82) is 0 Å². The number of fused-ring (bicyclic) bond motifs is 1. The van der Waals surface area contributed by atoms with Gasteiger partial charge in [-0.1, -0.05) is 61.5 Å². The summed E-state index contributed by atoms with van der Waals surface area (Å²) in [6.07, 6.45) is 3.25. The Kier molecular flexibility index (Phi) is 4.63. The van der Waals surface area contributed by atoms with Crippen LogP contribution in [0.25, 0.3) is 10.9 Å². The molecule has 0 spiro atoms. The fourth-order valence-corrected chi connectivity index (χ4v) is 3.37. The molecule has 1 unspecified atom stereocenters. The number of aliphatic hydroxyl groups is 1. The highest BCUT2D eigenvalue weighted by atomic mass is 16.3. The number of benzene rings is 2. The molecule has 0 aliphatic heterocycles. The lowest BCUT2D eigenvalue weighted by Gasteiger charge is -2.16. The summed E-state index contributed by atoms with van der Waals surface area (Å²) in [7, 11) is 0. The Balaban J connectivity index is 2.07. The van der Waals surface area contributed by atoms with Crippen molar-refractivity contribution in [2.45, 2.75) is 32.4 Å². The van der Waals surface area contributed by atoms with Gasteiger partial charge in [-0.15, -0.1) is 6.58 Å². The monoisotopic (exact) mass is 305 g/mol. The van der Waals surface area contributed by atoms with E-state index >= 15 is 0 Å². The first kappa shape index (κ1) is 15.6. The van der Waals surface area contributed by atoms with Crippen molar-refractivity contribution in [3.8, 4) is 0 Å². The third-order valence-corrected chi connectivity index (χ3v) is 4.42. The second-order valence-corrected chi connectivity index (χ2v) is 5.83. The molecule has 0 fully saturated rings. The predicted molar refractivity (Wildman–Crippen MR) is 96.6 cm³/mol. The summed E-state index contributed by atoms with van der Waals surface area (Å²) in [4.78, 5) is 0. The van der Waals surface area contributed by atoms with Crippen molar-refractivity contribution < 1.29 is 5.11 Å². The molecule has 23 heavy (non-hydrogen) atoms. The first-order valence-electron chi connectivity index (χ1n) is 8.19. The molecule has 0 aliphatic rings. The average molecular weight is 305 g/mol. The van der Waals surface area contributed by atoms with Crippen molar-refractivity contribution in [2.75, 3.05) is 0 Å². The maximum atomic E-state index is 10.7. The van der Waals surface area contributed by atoms with Gasteiger partial charge in [0, 0.05) is 16.6 Å². The van der Waals surface area contributed by atoms with Crippen LogP contribution in [0.1, 0.15) is 29.8 Å². The Morgan fingerprint density at radius 2 is 1.78 bits per heavy atom. The molecule has 3 rings (SSSR count). The molecule has 1 atom stereocenters. The smallest absolute Gasteiger partial charge is 0.0969 e. The van der Waals surface area contributed by atoms with Gasteiger partial charge in [0.1, 0.15) is 0 Å². The highest BCUT2D eigenvalue weighted by Gasteiger charge is 2.17. The largest absolute Gasteiger partial charge is 0.387 e. The van der Waals surface area contributed by atoms with Crippen LogP contribution < -0.4 is 0 Å². The van der Waals surface area contributed by atoms with E-state index in [2.05, 4.69) is 42.3 Å². The second kappa shape index (κ2) is 6.84. The van der Waals surface area contributed by atoms with Crippen LogP contribution in [0.2, 0.25) is 0 Å². The van der Waals surface area contributed by atoms with Gasteiger partial charge in [0.25, 0.3) is 0 Å². The van der Waals surface area contributed by atoms with Crippen LogP contribution in [0.3, 0.4) is 0 Å². The minimum atomic E-state index is -0.506. The number of aliphatic hydroxyl groups excluding tert-OH is 1. The van der Waals surface area contributed by atoms with Gasteiger partial charge in [-0.2, -0.15) is 0 Å². The van der Waals surface area contributed by atoms with E-state index in [-0.39, 0.29) is 0 Å². The van der Waals surface area contributed by atoms with Crippen LogP contribution >= 0.6 is 0 Å². The zero-order valence-corrected chi connectivity index (χ0v) is 13.6. The number of para-hydroxylation sites is 1. The number of aromatic nitrogens is 1. The van der Waals surface area contributed by atoms with Gasteiger partial charge >= 0.3 is 0 Å². The SMILES string of the molecule is C=CCc1c(CC)n(CC(O)c2ccccc2)c2ccccc12. The standard InChI is InChI=1S/C21H23NO/c1-3-10-17-18-13-8-9-14-20(18)22(19(17)4-2)15-21(23)16-11-6-5-7-12-16/h3,5-9,11-14,21,23H,1,4,10,15H2,2H3. The molecular formula is C21H23NO. The first-order valence-corrected chi connectivity index (χ1v) is 8.19. The Morgan fingerprint density at radius 3 is 2.48 bits per heavy atom. The summed E-state index contributed by atoms with van der Waals surface area (Å²) in [6.45, 7) is 6.64. The van der Waals surface area contributed by atoms with Crippen LogP contribution in [-0.4, -0.2) is 9.67 Å². The summed E-state index contributed by atoms with van der Waals surface area (Å²) in [5.41, 5.74) is 4.77. The lowest BCUT2D eigenvalue weighted by Crippen LogP contribution is -2.11. The molecule has 0 saturated carbocycles. The topological polar surface area (TPSA) is 25.2 Å². The van der Waals surface area contributed by atoms with Crippen LogP contribution in [0.5, 0.6) is 0 Å². The highest BCUT2D eigenvalue weighted by Crippen LogP contribution is 2.29. The zero-order chi connectivity index (χ0) is 16.2. The molecule has 0 radical (unpaired) electrons. The molecule has 3 aromatic rings. The van der Waals surface area contributed by atoms with Crippen molar-refractivity contribution in [2.24, 2.45) is 0 Å². The van der Waals surface area contributed by atoms with Gasteiger partial charge in [0.05, 0.1) is 12.6 Å². The molecule has 0 amide bonds. The molecular weight excluding hydrogens is 282 g/mol. The third-order valence-electron chi connectivity index (χ3n) is 4.42. The predicted octanol–water partition coefficient (Wildman–Crippen LogP) is 4.67. The van der Waals surface area contributed by atoms with E-state index in [1.807, 2.05) is 36.4 Å². The van der Waals surface area contributed by atoms with E-state index in [0.717, 1.165) is 18.4 Å². The minimum Gasteiger partial charge on any atom is -0.387 e. The molecule has 1 heterocycles. The summed E-state index contributed by atoms with van der Waals surface area (Å²) in [6, 6.07) is 18.3. The summed E-state index contributed by atoms with van der Waals surface area (Å²) < 4.78 is 2.27. The number of hydrogen-bond donors (Lipinski definition) is 1. The van der Waals surface area contributed by atoms with Crippen molar-refractivity contribution >= 4 is 10.9 Å². The van der Waals surface area contributed by atoms with Crippen LogP contribution in [0, 0.1) is 0 Å². The average Bonchev–Trinajstić information content (AvgIpc) is 2.89. The summed E-state index contributed by atoms with van der Waals surface area (Å²) in [5, 5.41) is 11.9. The van der Waals surface area contributed by atoms with E-state index < -0.39 is 6.10 Å². The van der Waals surface area contributed by atoms with Gasteiger partial charge in [-0.25, -0.2) is 0 Å². The van der Waals surface area contributed by atoms with Crippen molar-refractivity contribution in [3.05, 3.63) is 84.1 Å². The molecule has 1 aromatic heterocycles. The molecule has 2 heteroatoms. The van der Waals surface area contributed by atoms with Crippen LogP contribution in [0.15, 0.2) is 67.3 Å². The lowest BCUT2D eigenvalue weighted by molar-refractivity contribution is 0.157. The fourth-order valence-electron chi connectivity index (χ4n) is 3.37. The van der Waals surface area contributed by atoms with Gasteiger partial charge in [-0.3, -0.25) is 0 Å². The van der Waals surface area contributed by atoms with Gasteiger partial charge in [-0.05, 0) is 30.0 Å². The number of allylic oxidation sites excluding steroid dienone is 1. The van der Waals surface area contributed by atoms with Crippen LogP contribution in [-0.2, 0) is 19.4 Å². The van der Waals surface area contributed by atoms with Crippen LogP contribution in [0.4, 0.5) is 0 Å². The Hall–Kier alpha value is -2.32. The molecule has 118 valence electrons. The second-order valence-electron chi connectivity index (χ2n) is 5.83. The van der Waals surface area contributed by atoms with E-state index in [1.54, 1.807) is 0 Å². The molecule has 1 N–H and O–H groups in total. The Bertz CT molecular complexity index is 801. The quantitative estimate of drug-likeness (QED) is 0.658. The third kappa shape index (κ3) is 2.95. The Morgan fingerprint density at radius 1 is 1.09 bits per heavy atom. The minimum absolute atomic E-state index is 0.506. The van der Waals surface area contributed by atoms with E-state index in [4.69, 9.17) is 0 Å². The number of rotatable bonds is 6.